The van der Waals surface area contributed by atoms with Crippen LogP contribution < -0.4 is 10.2 Å². The zero-order chi connectivity index (χ0) is 18.2. The van der Waals surface area contributed by atoms with Gasteiger partial charge in [-0.05, 0) is 31.0 Å². The Labute approximate surface area is 145 Å². The van der Waals surface area contributed by atoms with Crippen molar-refractivity contribution in [3.05, 3.63) is 69.8 Å². The summed E-state index contributed by atoms with van der Waals surface area (Å²) in [5.74, 6) is -0.0420. The number of aryl methyl sites for hydroxylation is 1. The summed E-state index contributed by atoms with van der Waals surface area (Å²) in [6.45, 7) is 1.67. The van der Waals surface area contributed by atoms with Crippen molar-refractivity contribution in [1.29, 1.82) is 0 Å². The molecule has 0 atom stereocenters. The molecule has 2 rings (SSSR count). The van der Waals surface area contributed by atoms with Crippen molar-refractivity contribution in [3.8, 4) is 5.75 Å². The molecule has 0 unspecified atom stereocenters. The number of hydrazone groups is 1. The molecule has 0 saturated carbocycles. The minimum atomic E-state index is -0.520. The number of nitro groups is 1. The highest BCUT2D eigenvalue weighted by Crippen LogP contribution is 2.27. The summed E-state index contributed by atoms with van der Waals surface area (Å²) in [6, 6.07) is 14.2. The molecule has 0 fully saturated rings. The number of nitrogens with one attached hydrogen (secondary N) is 1. The fraction of sp³-hybridized carbons (Fsp3) is 0.222. The first-order chi connectivity index (χ1) is 12.0. The molecule has 7 heteroatoms. The highest BCUT2D eigenvalue weighted by atomic mass is 16.6. The molecule has 0 saturated heterocycles. The predicted octanol–water partition coefficient (Wildman–Crippen LogP) is 3.08. The number of ether oxygens (including phenoxy) is 1. The second kappa shape index (κ2) is 8.58. The minimum absolute atomic E-state index is 0.148. The van der Waals surface area contributed by atoms with Gasteiger partial charge in [-0.2, -0.15) is 5.10 Å². The topological polar surface area (TPSA) is 93.8 Å². The normalized spacial score (nSPS) is 11.0. The summed E-state index contributed by atoms with van der Waals surface area (Å²) in [7, 11) is 1.37. The minimum Gasteiger partial charge on any atom is -0.490 e. The SMILES string of the molecule is COc1ccc(/C(C)=N\NC(=O)CCc2ccccc2)cc1[N+](=O)[O-]. The van der Waals surface area contributed by atoms with E-state index in [2.05, 4.69) is 10.5 Å². The Hall–Kier alpha value is -3.22. The largest absolute Gasteiger partial charge is 0.490 e. The lowest BCUT2D eigenvalue weighted by molar-refractivity contribution is -0.385. The fourth-order valence-corrected chi connectivity index (χ4v) is 2.23. The maximum absolute atomic E-state index is 11.9. The molecule has 2 aromatic rings. The Morgan fingerprint density at radius 2 is 1.96 bits per heavy atom. The first kappa shape index (κ1) is 18.1. The average Bonchev–Trinajstić information content (AvgIpc) is 2.64. The lowest BCUT2D eigenvalue weighted by Crippen LogP contribution is -2.19. The highest BCUT2D eigenvalue weighted by molar-refractivity contribution is 6.00. The molecule has 0 spiro atoms. The maximum atomic E-state index is 11.9. The van der Waals surface area contributed by atoms with Crippen LogP contribution in [0.3, 0.4) is 0 Å². The molecule has 0 aliphatic carbocycles. The molecule has 0 heterocycles. The van der Waals surface area contributed by atoms with Crippen molar-refractivity contribution in [3.63, 3.8) is 0 Å². The van der Waals surface area contributed by atoms with E-state index in [0.717, 1.165) is 5.56 Å². The van der Waals surface area contributed by atoms with Crippen molar-refractivity contribution in [2.45, 2.75) is 19.8 Å². The van der Waals surface area contributed by atoms with Crippen LogP contribution in [-0.4, -0.2) is 23.7 Å². The Bertz CT molecular complexity index is 788. The van der Waals surface area contributed by atoms with E-state index in [1.54, 1.807) is 13.0 Å². The van der Waals surface area contributed by atoms with Crippen LogP contribution in [0.25, 0.3) is 0 Å². The van der Waals surface area contributed by atoms with Crippen LogP contribution in [0.2, 0.25) is 0 Å². The molecular formula is C18H19N3O4. The monoisotopic (exact) mass is 341 g/mol. The Balaban J connectivity index is 2.00. The number of rotatable bonds is 7. The number of amides is 1. The standard InChI is InChI=1S/C18H19N3O4/c1-13(15-9-10-17(25-2)16(12-15)21(23)24)19-20-18(22)11-8-14-6-4-3-5-7-14/h3-7,9-10,12H,8,11H2,1-2H3,(H,20,22)/b19-13-. The van der Waals surface area contributed by atoms with Gasteiger partial charge >= 0.3 is 5.69 Å². The summed E-state index contributed by atoms with van der Waals surface area (Å²) in [5.41, 5.74) is 4.41. The third-order valence-corrected chi connectivity index (χ3v) is 3.63. The summed E-state index contributed by atoms with van der Waals surface area (Å²) in [4.78, 5) is 22.4. The van der Waals surface area contributed by atoms with Gasteiger partial charge in [0.2, 0.25) is 5.91 Å². The van der Waals surface area contributed by atoms with Crippen molar-refractivity contribution in [1.82, 2.24) is 5.43 Å². The van der Waals surface area contributed by atoms with Crippen LogP contribution in [-0.2, 0) is 11.2 Å². The van der Waals surface area contributed by atoms with E-state index >= 15 is 0 Å². The zero-order valence-electron chi connectivity index (χ0n) is 14.1. The lowest BCUT2D eigenvalue weighted by atomic mass is 10.1. The third kappa shape index (κ3) is 5.13. The molecule has 7 nitrogen and oxygen atoms in total. The molecule has 0 radical (unpaired) electrons. The molecule has 0 aromatic heterocycles. The summed E-state index contributed by atoms with van der Waals surface area (Å²) >= 11 is 0. The molecule has 25 heavy (non-hydrogen) atoms. The van der Waals surface area contributed by atoms with Crippen molar-refractivity contribution in [2.24, 2.45) is 5.10 Å². The molecule has 2 aromatic carbocycles. The lowest BCUT2D eigenvalue weighted by Gasteiger charge is -2.06. The van der Waals surface area contributed by atoms with Crippen LogP contribution in [0.1, 0.15) is 24.5 Å². The second-order valence-corrected chi connectivity index (χ2v) is 5.36. The number of hydrogen-bond acceptors (Lipinski definition) is 5. The summed E-state index contributed by atoms with van der Waals surface area (Å²) in [5, 5.41) is 15.1. The number of hydrogen-bond donors (Lipinski definition) is 1. The average molecular weight is 341 g/mol. The molecule has 1 amide bonds. The smallest absolute Gasteiger partial charge is 0.311 e. The van der Waals surface area contributed by atoms with Crippen LogP contribution in [0.15, 0.2) is 53.6 Å². The van der Waals surface area contributed by atoms with Gasteiger partial charge in [-0.15, -0.1) is 0 Å². The first-order valence-electron chi connectivity index (χ1n) is 7.71. The van der Waals surface area contributed by atoms with E-state index in [4.69, 9.17) is 4.74 Å². The van der Waals surface area contributed by atoms with Gasteiger partial charge in [0.05, 0.1) is 17.7 Å². The second-order valence-electron chi connectivity index (χ2n) is 5.36. The Morgan fingerprint density at radius 3 is 2.60 bits per heavy atom. The van der Waals surface area contributed by atoms with Crippen LogP contribution in [0.5, 0.6) is 5.75 Å². The van der Waals surface area contributed by atoms with Crippen molar-refractivity contribution < 1.29 is 14.5 Å². The van der Waals surface area contributed by atoms with Gasteiger partial charge in [-0.25, -0.2) is 5.43 Å². The molecule has 0 aliphatic rings. The predicted molar refractivity (Wildman–Crippen MR) is 94.8 cm³/mol. The molecule has 130 valence electrons. The maximum Gasteiger partial charge on any atom is 0.311 e. The quantitative estimate of drug-likeness (QED) is 0.476. The fourth-order valence-electron chi connectivity index (χ4n) is 2.23. The summed E-state index contributed by atoms with van der Waals surface area (Å²) in [6.07, 6.45) is 0.929. The van der Waals surface area contributed by atoms with Crippen LogP contribution in [0.4, 0.5) is 5.69 Å². The third-order valence-electron chi connectivity index (χ3n) is 3.63. The number of benzene rings is 2. The first-order valence-corrected chi connectivity index (χ1v) is 7.71. The Kier molecular flexibility index (Phi) is 6.22. The van der Waals surface area contributed by atoms with Gasteiger partial charge in [0.15, 0.2) is 5.75 Å². The van der Waals surface area contributed by atoms with Gasteiger partial charge < -0.3 is 4.74 Å². The van der Waals surface area contributed by atoms with E-state index < -0.39 is 4.92 Å². The van der Waals surface area contributed by atoms with Gasteiger partial charge in [-0.3, -0.25) is 14.9 Å². The highest BCUT2D eigenvalue weighted by Gasteiger charge is 2.16. The molecule has 1 N–H and O–H groups in total. The van der Waals surface area contributed by atoms with Crippen molar-refractivity contribution in [2.75, 3.05) is 7.11 Å². The van der Waals surface area contributed by atoms with Crippen LogP contribution >= 0.6 is 0 Å². The van der Waals surface area contributed by atoms with E-state index in [9.17, 15) is 14.9 Å². The van der Waals surface area contributed by atoms with Gasteiger partial charge in [-0.1, -0.05) is 30.3 Å². The number of nitrogens with zero attached hydrogens (tertiary/aromatic N) is 2. The van der Waals surface area contributed by atoms with Gasteiger partial charge in [0.1, 0.15) is 0 Å². The van der Waals surface area contributed by atoms with E-state index in [0.29, 0.717) is 24.1 Å². The summed E-state index contributed by atoms with van der Waals surface area (Å²) < 4.78 is 4.96. The molecule has 0 aliphatic heterocycles. The molecule has 0 bridgehead atoms. The Morgan fingerprint density at radius 1 is 1.24 bits per heavy atom. The van der Waals surface area contributed by atoms with Crippen LogP contribution in [0, 0.1) is 10.1 Å². The number of carbonyl (C=O) groups is 1. The number of nitro benzene ring substituents is 1. The van der Waals surface area contributed by atoms with Gasteiger partial charge in [0.25, 0.3) is 0 Å². The van der Waals surface area contributed by atoms with E-state index in [-0.39, 0.29) is 17.3 Å². The van der Waals surface area contributed by atoms with Crippen molar-refractivity contribution >= 4 is 17.3 Å². The van der Waals surface area contributed by atoms with Gasteiger partial charge in [0, 0.05) is 18.1 Å². The number of carbonyl (C=O) groups excluding carboxylic acids is 1. The molecular weight excluding hydrogens is 322 g/mol. The van der Waals surface area contributed by atoms with E-state index in [1.807, 2.05) is 30.3 Å². The van der Waals surface area contributed by atoms with E-state index in [1.165, 1.54) is 19.2 Å². The zero-order valence-corrected chi connectivity index (χ0v) is 14.1. The number of methoxy groups -OCH3 is 1.